The van der Waals surface area contributed by atoms with Crippen molar-refractivity contribution in [2.75, 3.05) is 42.3 Å². The summed E-state index contributed by atoms with van der Waals surface area (Å²) >= 11 is 6.01. The van der Waals surface area contributed by atoms with Crippen LogP contribution in [0.2, 0.25) is 5.02 Å². The van der Waals surface area contributed by atoms with Gasteiger partial charge in [0.15, 0.2) is 0 Å². The number of hydrogen-bond donors (Lipinski definition) is 2. The third-order valence-corrected chi connectivity index (χ3v) is 6.50. The van der Waals surface area contributed by atoms with E-state index in [1.165, 1.54) is 24.3 Å². The monoisotopic (exact) mass is 467 g/mol. The molecule has 0 radical (unpaired) electrons. The zero-order valence-corrected chi connectivity index (χ0v) is 18.3. The highest BCUT2D eigenvalue weighted by molar-refractivity contribution is 7.92. The van der Waals surface area contributed by atoms with Crippen LogP contribution >= 0.6 is 11.6 Å². The molecule has 1 heterocycles. The molecule has 1 fully saturated rings. The number of piperazine rings is 1. The lowest BCUT2D eigenvalue weighted by Crippen LogP contribution is -2.51. The van der Waals surface area contributed by atoms with Gasteiger partial charge < -0.3 is 15.1 Å². The van der Waals surface area contributed by atoms with Crippen LogP contribution in [0.4, 0.5) is 21.9 Å². The van der Waals surface area contributed by atoms with E-state index in [1.807, 2.05) is 6.92 Å². The Morgan fingerprint density at radius 1 is 1.16 bits per heavy atom. The molecule has 0 aromatic heterocycles. The Hall–Kier alpha value is -3.05. The van der Waals surface area contributed by atoms with E-state index in [4.69, 9.17) is 11.6 Å². The molecule has 1 aliphatic rings. The lowest BCUT2D eigenvalue weighted by Gasteiger charge is -2.35. The van der Waals surface area contributed by atoms with Crippen molar-refractivity contribution >= 4 is 44.7 Å². The van der Waals surface area contributed by atoms with Crippen molar-refractivity contribution in [1.82, 2.24) is 10.2 Å². The fourth-order valence-electron chi connectivity index (χ4n) is 3.25. The van der Waals surface area contributed by atoms with Crippen molar-refractivity contribution in [3.8, 4) is 0 Å². The van der Waals surface area contributed by atoms with E-state index in [0.29, 0.717) is 38.4 Å². The number of nitrogens with one attached hydrogen (secondary N) is 2. The third kappa shape index (κ3) is 5.17. The summed E-state index contributed by atoms with van der Waals surface area (Å²) in [6.07, 6.45) is 0. The van der Waals surface area contributed by atoms with Gasteiger partial charge in [-0.25, -0.2) is 13.2 Å². The second kappa shape index (κ2) is 9.40. The van der Waals surface area contributed by atoms with E-state index in [0.717, 1.165) is 6.07 Å². The number of sulfonamides is 1. The molecule has 2 aromatic rings. The van der Waals surface area contributed by atoms with Crippen LogP contribution in [0, 0.1) is 10.1 Å². The molecular weight excluding hydrogens is 446 g/mol. The zero-order valence-electron chi connectivity index (χ0n) is 16.7. The van der Waals surface area contributed by atoms with Crippen molar-refractivity contribution < 1.29 is 18.1 Å². The molecule has 0 aliphatic carbocycles. The quantitative estimate of drug-likeness (QED) is 0.497. The molecule has 166 valence electrons. The zero-order chi connectivity index (χ0) is 22.6. The number of halogens is 1. The average Bonchev–Trinajstić information content (AvgIpc) is 2.75. The number of carbonyl (C=O) groups is 1. The van der Waals surface area contributed by atoms with E-state index in [1.54, 1.807) is 21.9 Å². The minimum Gasteiger partial charge on any atom is -0.362 e. The second-order valence-electron chi connectivity index (χ2n) is 6.80. The van der Waals surface area contributed by atoms with Gasteiger partial charge in [0.05, 0.1) is 20.5 Å². The molecule has 2 amide bonds. The summed E-state index contributed by atoms with van der Waals surface area (Å²) in [5.74, 6) is 0. The fourth-order valence-corrected chi connectivity index (χ4v) is 4.58. The summed E-state index contributed by atoms with van der Waals surface area (Å²) in [6.45, 7) is 3.93. The van der Waals surface area contributed by atoms with Crippen LogP contribution < -0.4 is 14.9 Å². The summed E-state index contributed by atoms with van der Waals surface area (Å²) in [7, 11) is -4.08. The van der Waals surface area contributed by atoms with Crippen LogP contribution in [-0.4, -0.2) is 57.0 Å². The molecule has 1 saturated heterocycles. The molecule has 3 rings (SSSR count). The van der Waals surface area contributed by atoms with Crippen LogP contribution in [0.5, 0.6) is 0 Å². The van der Waals surface area contributed by atoms with Crippen molar-refractivity contribution in [3.63, 3.8) is 0 Å². The standard InChI is InChI=1S/C19H22ClN5O5S/c1-2-21-19(26)24-11-9-23(10-12-24)17-8-7-14(13-18(17)25(27)28)31(29,30)22-16-6-4-3-5-15(16)20/h3-8,13,22H,2,9-12H2,1H3,(H,21,26). The number of anilines is 2. The highest BCUT2D eigenvalue weighted by atomic mass is 35.5. The first-order chi connectivity index (χ1) is 14.7. The van der Waals surface area contributed by atoms with E-state index >= 15 is 0 Å². The maximum atomic E-state index is 12.7. The predicted molar refractivity (Wildman–Crippen MR) is 118 cm³/mol. The van der Waals surface area contributed by atoms with Crippen molar-refractivity contribution in [3.05, 3.63) is 57.6 Å². The molecule has 0 unspecified atom stereocenters. The van der Waals surface area contributed by atoms with Crippen LogP contribution in [0.1, 0.15) is 6.92 Å². The van der Waals surface area contributed by atoms with Gasteiger partial charge in [0.2, 0.25) is 0 Å². The van der Waals surface area contributed by atoms with Gasteiger partial charge in [-0.15, -0.1) is 0 Å². The van der Waals surface area contributed by atoms with Crippen molar-refractivity contribution in [2.24, 2.45) is 0 Å². The maximum Gasteiger partial charge on any atom is 0.317 e. The van der Waals surface area contributed by atoms with Gasteiger partial charge in [-0.05, 0) is 31.2 Å². The highest BCUT2D eigenvalue weighted by Crippen LogP contribution is 2.32. The van der Waals surface area contributed by atoms with E-state index in [2.05, 4.69) is 10.0 Å². The molecule has 10 nitrogen and oxygen atoms in total. The predicted octanol–water partition coefficient (Wildman–Crippen LogP) is 2.90. The molecule has 12 heteroatoms. The first kappa shape index (κ1) is 22.6. The average molecular weight is 468 g/mol. The number of rotatable bonds is 6. The second-order valence-corrected chi connectivity index (χ2v) is 8.89. The van der Waals surface area contributed by atoms with E-state index < -0.39 is 14.9 Å². The topological polar surface area (TPSA) is 125 Å². The Kier molecular flexibility index (Phi) is 6.86. The molecule has 31 heavy (non-hydrogen) atoms. The Balaban J connectivity index is 1.83. The number of carbonyl (C=O) groups excluding carboxylic acids is 1. The third-order valence-electron chi connectivity index (χ3n) is 4.81. The fraction of sp³-hybridized carbons (Fsp3) is 0.316. The van der Waals surface area contributed by atoms with Gasteiger partial charge in [0.25, 0.3) is 15.7 Å². The van der Waals surface area contributed by atoms with Gasteiger partial charge in [-0.3, -0.25) is 14.8 Å². The van der Waals surface area contributed by atoms with Crippen LogP contribution in [0.25, 0.3) is 0 Å². The molecule has 0 atom stereocenters. The van der Waals surface area contributed by atoms with Crippen molar-refractivity contribution in [2.45, 2.75) is 11.8 Å². The van der Waals surface area contributed by atoms with Crippen LogP contribution in [0.15, 0.2) is 47.4 Å². The summed E-state index contributed by atoms with van der Waals surface area (Å²) in [4.78, 5) is 26.2. The van der Waals surface area contributed by atoms with Crippen molar-refractivity contribution in [1.29, 1.82) is 0 Å². The van der Waals surface area contributed by atoms with Crippen LogP contribution in [0.3, 0.4) is 0 Å². The molecule has 0 spiro atoms. The number of benzene rings is 2. The molecule has 2 aromatic carbocycles. The largest absolute Gasteiger partial charge is 0.362 e. The van der Waals surface area contributed by atoms with Gasteiger partial charge in [0, 0.05) is 38.8 Å². The first-order valence-corrected chi connectivity index (χ1v) is 11.4. The number of nitro groups is 1. The summed E-state index contributed by atoms with van der Waals surface area (Å²) in [5.41, 5.74) is 0.156. The first-order valence-electron chi connectivity index (χ1n) is 9.56. The number of nitrogens with zero attached hydrogens (tertiary/aromatic N) is 3. The molecule has 2 N–H and O–H groups in total. The molecular formula is C19H22ClN5O5S. The molecule has 0 bridgehead atoms. The maximum absolute atomic E-state index is 12.7. The Labute approximate surface area is 185 Å². The number of urea groups is 1. The summed E-state index contributed by atoms with van der Waals surface area (Å²) in [6, 6.07) is 9.90. The SMILES string of the molecule is CCNC(=O)N1CCN(c2ccc(S(=O)(=O)Nc3ccccc3Cl)cc2[N+](=O)[O-])CC1. The van der Waals surface area contributed by atoms with E-state index in [-0.39, 0.29) is 27.3 Å². The Morgan fingerprint density at radius 2 is 1.84 bits per heavy atom. The summed E-state index contributed by atoms with van der Waals surface area (Å²) < 4.78 is 27.8. The smallest absolute Gasteiger partial charge is 0.317 e. The van der Waals surface area contributed by atoms with Crippen LogP contribution in [-0.2, 0) is 10.0 Å². The molecule has 0 saturated carbocycles. The Morgan fingerprint density at radius 3 is 2.45 bits per heavy atom. The molecule has 1 aliphatic heterocycles. The minimum absolute atomic E-state index is 0.177. The number of amides is 2. The minimum atomic E-state index is -4.08. The van der Waals surface area contributed by atoms with E-state index in [9.17, 15) is 23.3 Å². The van der Waals surface area contributed by atoms with Gasteiger partial charge in [0.1, 0.15) is 5.69 Å². The Bertz CT molecular complexity index is 1090. The normalized spacial score (nSPS) is 14.3. The number of para-hydroxylation sites is 1. The lowest BCUT2D eigenvalue weighted by atomic mass is 10.2. The number of hydrogen-bond acceptors (Lipinski definition) is 6. The number of nitro benzene ring substituents is 1. The summed E-state index contributed by atoms with van der Waals surface area (Å²) in [5, 5.41) is 14.6. The van der Waals surface area contributed by atoms with Gasteiger partial charge >= 0.3 is 6.03 Å². The highest BCUT2D eigenvalue weighted by Gasteiger charge is 2.28. The van der Waals surface area contributed by atoms with Gasteiger partial charge in [-0.1, -0.05) is 23.7 Å². The van der Waals surface area contributed by atoms with Gasteiger partial charge in [-0.2, -0.15) is 0 Å². The lowest BCUT2D eigenvalue weighted by molar-refractivity contribution is -0.384.